The number of hydrogen-bond donors (Lipinski definition) is 0. The summed E-state index contributed by atoms with van der Waals surface area (Å²) in [5.41, 5.74) is -0.183. The number of amides is 1. The van der Waals surface area contributed by atoms with Crippen LogP contribution in [-0.4, -0.2) is 83.3 Å². The van der Waals surface area contributed by atoms with Gasteiger partial charge in [-0.25, -0.2) is 18.3 Å². The number of nitrogens with zero attached hydrogens (tertiary/aromatic N) is 6. The molecule has 4 rings (SSSR count). The Morgan fingerprint density at radius 1 is 1.14 bits per heavy atom. The minimum Gasteiger partial charge on any atom is -0.470 e. The first kappa shape index (κ1) is 25.7. The quantitative estimate of drug-likeness (QED) is 0.425. The molecule has 1 unspecified atom stereocenters. The third-order valence-corrected chi connectivity index (χ3v) is 6.27. The third-order valence-electron chi connectivity index (χ3n) is 5.03. The number of likely N-dealkylation sites (tertiary alicyclic amines) is 1. The van der Waals surface area contributed by atoms with Gasteiger partial charge in [0.15, 0.2) is 17.3 Å². The molecule has 4 heterocycles. The highest BCUT2D eigenvalue weighted by Gasteiger charge is 2.58. The molecule has 0 bridgehead atoms. The van der Waals surface area contributed by atoms with Crippen molar-refractivity contribution in [3.8, 4) is 17.1 Å². The summed E-state index contributed by atoms with van der Waals surface area (Å²) in [5, 5.41) is 11.3. The van der Waals surface area contributed by atoms with Gasteiger partial charge in [-0.3, -0.25) is 9.00 Å². The normalized spacial score (nSPS) is 16.6. The Bertz CT molecular complexity index is 1320. The van der Waals surface area contributed by atoms with Crippen LogP contribution < -0.4 is 4.74 Å². The van der Waals surface area contributed by atoms with Gasteiger partial charge >= 0.3 is 12.1 Å². The average molecular weight is 540 g/mol. The van der Waals surface area contributed by atoms with Gasteiger partial charge in [-0.15, -0.1) is 10.2 Å². The molecule has 1 aliphatic heterocycles. The van der Waals surface area contributed by atoms with Crippen LogP contribution in [0.4, 0.5) is 30.7 Å². The molecule has 1 atom stereocenters. The molecule has 1 aliphatic rings. The van der Waals surface area contributed by atoms with Crippen LogP contribution in [0.5, 0.6) is 5.88 Å². The number of hydrogen-bond acceptors (Lipinski definition) is 7. The van der Waals surface area contributed by atoms with Gasteiger partial charge in [0.1, 0.15) is 5.69 Å². The number of alkyl halides is 7. The lowest BCUT2D eigenvalue weighted by molar-refractivity contribution is -0.290. The molecule has 0 aromatic carbocycles. The molecule has 3 aromatic heterocycles. The number of fused-ring (bicyclic) bond motifs is 1. The van der Waals surface area contributed by atoms with Crippen molar-refractivity contribution in [1.29, 1.82) is 0 Å². The maximum Gasteiger partial charge on any atom is 0.456 e. The average Bonchev–Trinajstić information content (AvgIpc) is 3.19. The molecule has 9 nitrogen and oxygen atoms in total. The number of carbonyl (C=O) groups is 1. The van der Waals surface area contributed by atoms with Crippen molar-refractivity contribution in [3.63, 3.8) is 0 Å². The van der Waals surface area contributed by atoms with E-state index in [-0.39, 0.29) is 33.4 Å². The van der Waals surface area contributed by atoms with Crippen molar-refractivity contribution < 1.29 is 44.5 Å². The Morgan fingerprint density at radius 2 is 1.83 bits per heavy atom. The lowest BCUT2D eigenvalue weighted by Crippen LogP contribution is -2.58. The van der Waals surface area contributed by atoms with Crippen LogP contribution in [0.1, 0.15) is 17.4 Å². The van der Waals surface area contributed by atoms with E-state index in [1.165, 1.54) is 12.3 Å². The van der Waals surface area contributed by atoms with Crippen LogP contribution in [0, 0.1) is 0 Å². The van der Waals surface area contributed by atoms with E-state index in [1.54, 1.807) is 6.92 Å². The Balaban J connectivity index is 1.69. The second kappa shape index (κ2) is 8.94. The molecule has 1 fully saturated rings. The number of aromatic nitrogens is 5. The van der Waals surface area contributed by atoms with Crippen molar-refractivity contribution >= 4 is 22.4 Å². The van der Waals surface area contributed by atoms with E-state index in [2.05, 4.69) is 25.0 Å². The van der Waals surface area contributed by atoms with Crippen LogP contribution >= 0.6 is 0 Å². The van der Waals surface area contributed by atoms with E-state index in [0.717, 1.165) is 21.5 Å². The van der Waals surface area contributed by atoms with Crippen molar-refractivity contribution in [2.24, 2.45) is 0 Å². The summed E-state index contributed by atoms with van der Waals surface area (Å²) in [6, 6.07) is 3.35. The Labute approximate surface area is 199 Å². The van der Waals surface area contributed by atoms with Crippen LogP contribution in [-0.2, 0) is 10.8 Å². The standard InChI is InChI=1S/C19H15F7N6O3S/c1-2-36(34)15-13(10-3-4-12(29-28-10)35-9-18(22,23)19(24,25)26)14-27-6-5-11(32(14)30-15)16(33)31-7-17(20,21)8-31/h3-6H,2,7-9H2,1H3. The minimum absolute atomic E-state index is 0.0310. The summed E-state index contributed by atoms with van der Waals surface area (Å²) in [4.78, 5) is 17.7. The Hall–Kier alpha value is -3.37. The minimum atomic E-state index is -5.82. The first-order chi connectivity index (χ1) is 16.7. The summed E-state index contributed by atoms with van der Waals surface area (Å²) in [7, 11) is -1.74. The molecule has 194 valence electrons. The van der Waals surface area contributed by atoms with Gasteiger partial charge < -0.3 is 9.64 Å². The number of rotatable bonds is 7. The van der Waals surface area contributed by atoms with Crippen molar-refractivity contribution in [1.82, 2.24) is 29.7 Å². The predicted octanol–water partition coefficient (Wildman–Crippen LogP) is 2.98. The lowest BCUT2D eigenvalue weighted by atomic mass is 10.1. The van der Waals surface area contributed by atoms with E-state index < -0.39 is 60.3 Å². The highest BCUT2D eigenvalue weighted by molar-refractivity contribution is 7.85. The Morgan fingerprint density at radius 3 is 2.39 bits per heavy atom. The third kappa shape index (κ3) is 4.70. The van der Waals surface area contributed by atoms with Crippen LogP contribution in [0.2, 0.25) is 0 Å². The molecule has 36 heavy (non-hydrogen) atoms. The zero-order chi connectivity index (χ0) is 26.5. The largest absolute Gasteiger partial charge is 0.470 e. The molecule has 0 radical (unpaired) electrons. The first-order valence-electron chi connectivity index (χ1n) is 10.1. The second-order valence-corrected chi connectivity index (χ2v) is 9.30. The smallest absolute Gasteiger partial charge is 0.456 e. The topological polar surface area (TPSA) is 103 Å². The number of carbonyl (C=O) groups excluding carboxylic acids is 1. The second-order valence-electron chi connectivity index (χ2n) is 7.64. The lowest BCUT2D eigenvalue weighted by Gasteiger charge is -2.38. The maximum absolute atomic E-state index is 13.2. The van der Waals surface area contributed by atoms with Crippen molar-refractivity contribution in [2.45, 2.75) is 30.0 Å². The summed E-state index contributed by atoms with van der Waals surface area (Å²) in [5.74, 6) is -9.44. The molecule has 17 heteroatoms. The fourth-order valence-electron chi connectivity index (χ4n) is 3.20. The van der Waals surface area contributed by atoms with Crippen LogP contribution in [0.3, 0.4) is 0 Å². The van der Waals surface area contributed by atoms with Crippen LogP contribution in [0.15, 0.2) is 29.4 Å². The van der Waals surface area contributed by atoms with Gasteiger partial charge in [-0.1, -0.05) is 6.92 Å². The predicted molar refractivity (Wildman–Crippen MR) is 108 cm³/mol. The Kier molecular flexibility index (Phi) is 6.38. The van der Waals surface area contributed by atoms with E-state index in [1.807, 2.05) is 0 Å². The molecule has 1 amide bonds. The first-order valence-corrected chi connectivity index (χ1v) is 11.4. The van der Waals surface area contributed by atoms with Gasteiger partial charge in [0, 0.05) is 18.0 Å². The van der Waals surface area contributed by atoms with E-state index in [9.17, 15) is 39.7 Å². The molecule has 0 N–H and O–H groups in total. The molecule has 0 spiro atoms. The zero-order valence-electron chi connectivity index (χ0n) is 18.1. The van der Waals surface area contributed by atoms with Gasteiger partial charge in [0.05, 0.1) is 35.1 Å². The summed E-state index contributed by atoms with van der Waals surface area (Å²) in [6.45, 7) is -2.00. The maximum atomic E-state index is 13.2. The van der Waals surface area contributed by atoms with Gasteiger partial charge in [0.2, 0.25) is 5.88 Å². The number of ether oxygens (including phenoxy) is 1. The molecule has 3 aromatic rings. The summed E-state index contributed by atoms with van der Waals surface area (Å²) in [6.07, 6.45) is -4.61. The van der Waals surface area contributed by atoms with Gasteiger partial charge in [-0.05, 0) is 12.1 Å². The fraction of sp³-hybridized carbons (Fsp3) is 0.421. The summed E-state index contributed by atoms with van der Waals surface area (Å²) >= 11 is 0. The molecule has 0 aliphatic carbocycles. The van der Waals surface area contributed by atoms with Crippen molar-refractivity contribution in [3.05, 3.63) is 30.1 Å². The number of halogens is 7. The fourth-order valence-corrected chi connectivity index (χ4v) is 4.07. The SMILES string of the molecule is CCS(=O)c1nn2c(C(=O)N3CC(F)(F)C3)ccnc2c1-c1ccc(OCC(F)(F)C(F)(F)F)nn1. The summed E-state index contributed by atoms with van der Waals surface area (Å²) < 4.78 is 108. The molecule has 0 saturated carbocycles. The molecular formula is C19H15F7N6O3S. The highest BCUT2D eigenvalue weighted by atomic mass is 32.2. The van der Waals surface area contributed by atoms with E-state index >= 15 is 0 Å². The monoisotopic (exact) mass is 540 g/mol. The highest BCUT2D eigenvalue weighted by Crippen LogP contribution is 2.36. The van der Waals surface area contributed by atoms with Gasteiger partial charge in [-0.2, -0.15) is 27.1 Å². The molecule has 1 saturated heterocycles. The van der Waals surface area contributed by atoms with Gasteiger partial charge in [0.25, 0.3) is 11.8 Å². The van der Waals surface area contributed by atoms with Crippen LogP contribution in [0.25, 0.3) is 16.9 Å². The van der Waals surface area contributed by atoms with E-state index in [0.29, 0.717) is 0 Å². The van der Waals surface area contributed by atoms with Crippen molar-refractivity contribution in [2.75, 3.05) is 25.4 Å². The molecular weight excluding hydrogens is 525 g/mol. The van der Waals surface area contributed by atoms with E-state index in [4.69, 9.17) is 0 Å². The zero-order valence-corrected chi connectivity index (χ0v) is 18.9.